The van der Waals surface area contributed by atoms with Gasteiger partial charge >= 0.3 is 0 Å². The Labute approximate surface area is 127 Å². The van der Waals surface area contributed by atoms with Crippen LogP contribution in [0.1, 0.15) is 27.6 Å². The first-order valence-corrected chi connectivity index (χ1v) is 6.99. The first-order chi connectivity index (χ1) is 10.7. The predicted molar refractivity (Wildman–Crippen MR) is 84.6 cm³/mol. The van der Waals surface area contributed by atoms with Crippen molar-refractivity contribution in [3.05, 3.63) is 65.9 Å². The Morgan fingerprint density at radius 3 is 2.55 bits per heavy atom. The van der Waals surface area contributed by atoms with E-state index in [9.17, 15) is 9.59 Å². The number of hydrogen-bond donors (Lipinski definition) is 1. The van der Waals surface area contributed by atoms with E-state index in [-0.39, 0.29) is 18.2 Å². The zero-order valence-corrected chi connectivity index (χ0v) is 12.1. The fraction of sp³-hybridized carbons (Fsp3) is 0.111. The molecule has 0 aliphatic heterocycles. The van der Waals surface area contributed by atoms with Gasteiger partial charge in [-0.3, -0.25) is 9.59 Å². The monoisotopic (exact) mass is 293 g/mol. The molecule has 1 aromatic heterocycles. The average Bonchev–Trinajstić information content (AvgIpc) is 2.97. The van der Waals surface area contributed by atoms with E-state index < -0.39 is 0 Å². The molecule has 4 heteroatoms. The number of aromatic amines is 1. The van der Waals surface area contributed by atoms with Crippen molar-refractivity contribution < 1.29 is 14.3 Å². The topological polar surface area (TPSA) is 59.2 Å². The number of carbonyl (C=O) groups excluding carboxylic acids is 2. The Morgan fingerprint density at radius 1 is 1.00 bits per heavy atom. The van der Waals surface area contributed by atoms with E-state index in [0.29, 0.717) is 16.9 Å². The zero-order chi connectivity index (χ0) is 15.5. The van der Waals surface area contributed by atoms with Gasteiger partial charge in [0.2, 0.25) is 5.78 Å². The Balaban J connectivity index is 1.80. The van der Waals surface area contributed by atoms with Crippen LogP contribution < -0.4 is 4.74 Å². The van der Waals surface area contributed by atoms with Crippen molar-refractivity contribution in [1.29, 1.82) is 0 Å². The molecule has 3 aromatic rings. The highest BCUT2D eigenvalue weighted by atomic mass is 16.5. The lowest BCUT2D eigenvalue weighted by atomic mass is 10.1. The van der Waals surface area contributed by atoms with Gasteiger partial charge in [-0.25, -0.2) is 0 Å². The van der Waals surface area contributed by atoms with Gasteiger partial charge in [-0.05, 0) is 25.1 Å². The van der Waals surface area contributed by atoms with Gasteiger partial charge in [0.25, 0.3) is 0 Å². The van der Waals surface area contributed by atoms with Crippen LogP contribution in [0.3, 0.4) is 0 Å². The summed E-state index contributed by atoms with van der Waals surface area (Å²) in [5, 5.41) is 0.871. The van der Waals surface area contributed by atoms with Gasteiger partial charge in [0.1, 0.15) is 5.75 Å². The number of ether oxygens (including phenoxy) is 1. The summed E-state index contributed by atoms with van der Waals surface area (Å²) in [5.74, 6) is 0.217. The quantitative estimate of drug-likeness (QED) is 0.731. The molecule has 3 rings (SSSR count). The molecule has 0 bridgehead atoms. The van der Waals surface area contributed by atoms with Crippen molar-refractivity contribution in [3.8, 4) is 5.75 Å². The number of nitrogens with one attached hydrogen (secondary N) is 1. The maximum atomic E-state index is 12.3. The lowest BCUT2D eigenvalue weighted by Crippen LogP contribution is -2.12. The smallest absolute Gasteiger partial charge is 0.202 e. The maximum Gasteiger partial charge on any atom is 0.202 e. The highest BCUT2D eigenvalue weighted by Crippen LogP contribution is 2.21. The summed E-state index contributed by atoms with van der Waals surface area (Å²) in [4.78, 5) is 27.0. The molecule has 4 nitrogen and oxygen atoms in total. The normalized spacial score (nSPS) is 10.6. The molecular weight excluding hydrogens is 278 g/mol. The van der Waals surface area contributed by atoms with Gasteiger partial charge in [0.15, 0.2) is 12.4 Å². The number of carbonyl (C=O) groups is 2. The molecule has 22 heavy (non-hydrogen) atoms. The van der Waals surface area contributed by atoms with E-state index in [1.165, 1.54) is 6.92 Å². The van der Waals surface area contributed by atoms with Crippen molar-refractivity contribution in [2.45, 2.75) is 6.92 Å². The molecule has 0 radical (unpaired) electrons. The summed E-state index contributed by atoms with van der Waals surface area (Å²) in [6, 6.07) is 14.5. The van der Waals surface area contributed by atoms with E-state index >= 15 is 0 Å². The van der Waals surface area contributed by atoms with Crippen molar-refractivity contribution in [3.63, 3.8) is 0 Å². The Hall–Kier alpha value is -2.88. The van der Waals surface area contributed by atoms with Crippen LogP contribution in [0, 0.1) is 0 Å². The fourth-order valence-corrected chi connectivity index (χ4v) is 2.41. The van der Waals surface area contributed by atoms with Gasteiger partial charge in [0, 0.05) is 22.7 Å². The molecule has 0 saturated carbocycles. The predicted octanol–water partition coefficient (Wildman–Crippen LogP) is 3.63. The zero-order valence-electron chi connectivity index (χ0n) is 12.1. The average molecular weight is 293 g/mol. The minimum absolute atomic E-state index is 0.0878. The first-order valence-electron chi connectivity index (χ1n) is 6.99. The molecule has 0 aliphatic rings. The third-order valence-corrected chi connectivity index (χ3v) is 3.51. The number of rotatable bonds is 5. The maximum absolute atomic E-state index is 12.3. The van der Waals surface area contributed by atoms with Gasteiger partial charge in [-0.2, -0.15) is 0 Å². The summed E-state index contributed by atoms with van der Waals surface area (Å²) in [7, 11) is 0. The molecule has 0 saturated heterocycles. The van der Waals surface area contributed by atoms with Crippen LogP contribution in [0.25, 0.3) is 10.9 Å². The number of Topliss-reactive ketones (excluding diaryl/α,β-unsaturated/α-hetero) is 2. The fourth-order valence-electron chi connectivity index (χ4n) is 2.41. The van der Waals surface area contributed by atoms with Crippen LogP contribution in [-0.4, -0.2) is 23.2 Å². The molecule has 0 atom stereocenters. The number of hydrogen-bond acceptors (Lipinski definition) is 3. The molecule has 1 N–H and O–H groups in total. The Morgan fingerprint density at radius 2 is 1.73 bits per heavy atom. The van der Waals surface area contributed by atoms with E-state index in [0.717, 1.165) is 10.9 Å². The van der Waals surface area contributed by atoms with Crippen molar-refractivity contribution in [2.75, 3.05) is 6.61 Å². The minimum Gasteiger partial charge on any atom is -0.485 e. The van der Waals surface area contributed by atoms with E-state index in [1.54, 1.807) is 30.5 Å². The van der Waals surface area contributed by atoms with Gasteiger partial charge in [-0.1, -0.05) is 30.3 Å². The molecule has 0 fully saturated rings. The molecule has 0 unspecified atom stereocenters. The van der Waals surface area contributed by atoms with E-state index in [2.05, 4.69) is 4.98 Å². The number of aromatic nitrogens is 1. The molecule has 0 amide bonds. The van der Waals surface area contributed by atoms with Crippen molar-refractivity contribution >= 4 is 22.5 Å². The number of fused-ring (bicyclic) bond motifs is 1. The molecule has 0 spiro atoms. The minimum atomic E-state index is -0.129. The number of H-pyrrole nitrogens is 1. The van der Waals surface area contributed by atoms with Gasteiger partial charge < -0.3 is 9.72 Å². The number of ketones is 2. The summed E-state index contributed by atoms with van der Waals surface area (Å²) < 4.78 is 5.55. The largest absolute Gasteiger partial charge is 0.485 e. The lowest BCUT2D eigenvalue weighted by Gasteiger charge is -2.08. The summed E-state index contributed by atoms with van der Waals surface area (Å²) in [6.45, 7) is 1.37. The second-order valence-electron chi connectivity index (χ2n) is 5.01. The molecule has 2 aromatic carbocycles. The molecule has 0 aliphatic carbocycles. The van der Waals surface area contributed by atoms with E-state index in [4.69, 9.17) is 4.74 Å². The molecule has 1 heterocycles. The second-order valence-corrected chi connectivity index (χ2v) is 5.01. The lowest BCUT2D eigenvalue weighted by molar-refractivity contribution is 0.0915. The SMILES string of the molecule is CC(=O)c1ccccc1OCC(=O)c1c[nH]c2ccccc12. The highest BCUT2D eigenvalue weighted by molar-refractivity contribution is 6.08. The summed E-state index contributed by atoms with van der Waals surface area (Å²) in [5.41, 5.74) is 1.99. The molecular formula is C18H15NO3. The van der Waals surface area contributed by atoms with Crippen LogP contribution in [0.15, 0.2) is 54.7 Å². The second kappa shape index (κ2) is 5.85. The van der Waals surface area contributed by atoms with Crippen LogP contribution in [0.5, 0.6) is 5.75 Å². The van der Waals surface area contributed by atoms with Crippen molar-refractivity contribution in [1.82, 2.24) is 4.98 Å². The van der Waals surface area contributed by atoms with E-state index in [1.807, 2.05) is 24.3 Å². The number of benzene rings is 2. The third-order valence-electron chi connectivity index (χ3n) is 3.51. The van der Waals surface area contributed by atoms with Crippen LogP contribution in [-0.2, 0) is 0 Å². The van der Waals surface area contributed by atoms with Gasteiger partial charge in [-0.15, -0.1) is 0 Å². The standard InChI is InChI=1S/C18H15NO3/c1-12(20)13-6-3-5-9-18(13)22-11-17(21)15-10-19-16-8-4-2-7-14(15)16/h2-10,19H,11H2,1H3. The van der Waals surface area contributed by atoms with Crippen LogP contribution in [0.2, 0.25) is 0 Å². The van der Waals surface area contributed by atoms with Gasteiger partial charge in [0.05, 0.1) is 5.56 Å². The molecule has 110 valence electrons. The Bertz CT molecular complexity index is 848. The van der Waals surface area contributed by atoms with Crippen LogP contribution in [0.4, 0.5) is 0 Å². The summed E-state index contributed by atoms with van der Waals surface area (Å²) >= 11 is 0. The van der Waals surface area contributed by atoms with Crippen molar-refractivity contribution in [2.24, 2.45) is 0 Å². The highest BCUT2D eigenvalue weighted by Gasteiger charge is 2.14. The number of para-hydroxylation sites is 2. The first kappa shape index (κ1) is 14.1. The van der Waals surface area contributed by atoms with Crippen LogP contribution >= 0.6 is 0 Å². The Kier molecular flexibility index (Phi) is 3.74. The summed E-state index contributed by atoms with van der Waals surface area (Å²) in [6.07, 6.45) is 1.69. The third kappa shape index (κ3) is 2.63.